The Bertz CT molecular complexity index is 1570. The molecule has 21 nitrogen and oxygen atoms in total. The molecular formula is C36H60N10O11. The molecule has 0 unspecified atom stereocenters. The minimum atomic E-state index is -1.60. The van der Waals surface area contributed by atoms with Crippen LogP contribution < -0.4 is 38.9 Å². The van der Waals surface area contributed by atoms with Gasteiger partial charge in [0.25, 0.3) is 0 Å². The summed E-state index contributed by atoms with van der Waals surface area (Å²) in [5.74, 6) is -6.89. The fourth-order valence-corrected chi connectivity index (χ4v) is 5.62. The van der Waals surface area contributed by atoms with Crippen LogP contribution in [0, 0.1) is 5.92 Å². The molecule has 21 heteroatoms. The number of methoxy groups -OCH3 is 1. The van der Waals surface area contributed by atoms with E-state index in [0.717, 1.165) is 9.80 Å². The highest BCUT2D eigenvalue weighted by Gasteiger charge is 2.40. The average Bonchev–Trinajstić information content (AvgIpc) is 3.13. The Hall–Kier alpha value is -5.54. The van der Waals surface area contributed by atoms with Crippen molar-refractivity contribution in [3.8, 4) is 5.75 Å². The number of phenolic OH excluding ortho intramolecular Hbond substituents is 1. The van der Waals surface area contributed by atoms with Gasteiger partial charge in [-0.3, -0.25) is 33.8 Å². The monoisotopic (exact) mass is 808 g/mol. The molecule has 0 aliphatic carbocycles. The van der Waals surface area contributed by atoms with E-state index in [-0.39, 0.29) is 56.3 Å². The predicted molar refractivity (Wildman–Crippen MR) is 208 cm³/mol. The summed E-state index contributed by atoms with van der Waals surface area (Å²) in [5.41, 5.74) is 22.3. The van der Waals surface area contributed by atoms with Crippen molar-refractivity contribution in [1.29, 1.82) is 0 Å². The van der Waals surface area contributed by atoms with Crippen LogP contribution in [0.25, 0.3) is 0 Å². The molecular weight excluding hydrogens is 748 g/mol. The number of aliphatic hydroxyl groups excluding tert-OH is 1. The first-order valence-corrected chi connectivity index (χ1v) is 18.3. The van der Waals surface area contributed by atoms with Crippen LogP contribution in [0.3, 0.4) is 0 Å². The molecule has 1 aromatic rings. The Labute approximate surface area is 331 Å². The third kappa shape index (κ3) is 15.9. The number of amides is 6. The van der Waals surface area contributed by atoms with Crippen molar-refractivity contribution >= 4 is 47.4 Å². The number of nitrogens with one attached hydrogen (secondary N) is 3. The zero-order valence-electron chi connectivity index (χ0n) is 33.5. The number of aromatic hydroxyl groups is 1. The molecule has 0 aliphatic rings. The summed E-state index contributed by atoms with van der Waals surface area (Å²) in [6, 6.07) is -2.84. The van der Waals surface area contributed by atoms with Gasteiger partial charge in [-0.05, 0) is 63.1 Å². The van der Waals surface area contributed by atoms with Gasteiger partial charge in [-0.25, -0.2) is 4.79 Å². The second-order valence-corrected chi connectivity index (χ2v) is 14.1. The number of nitrogens with two attached hydrogens (primary N) is 4. The zero-order valence-corrected chi connectivity index (χ0v) is 33.5. The second kappa shape index (κ2) is 23.5. The number of primary amides is 1. The highest BCUT2D eigenvalue weighted by atomic mass is 16.5. The maximum absolute atomic E-state index is 14.3. The summed E-state index contributed by atoms with van der Waals surface area (Å²) < 4.78 is 5.62. The number of phenols is 1. The van der Waals surface area contributed by atoms with E-state index in [1.807, 2.05) is 0 Å². The van der Waals surface area contributed by atoms with E-state index in [1.165, 1.54) is 59.3 Å². The molecule has 8 atom stereocenters. The Kier molecular flexibility index (Phi) is 20.4. The summed E-state index contributed by atoms with van der Waals surface area (Å²) >= 11 is 0. The van der Waals surface area contributed by atoms with Crippen LogP contribution in [0.4, 0.5) is 0 Å². The molecule has 0 fully saturated rings. The lowest BCUT2D eigenvalue weighted by atomic mass is 9.98. The third-order valence-electron chi connectivity index (χ3n) is 9.13. The fraction of sp³-hybridized carbons (Fsp3) is 0.611. The quantitative estimate of drug-likeness (QED) is 0.0290. The van der Waals surface area contributed by atoms with Gasteiger partial charge in [-0.15, -0.1) is 0 Å². The largest absolute Gasteiger partial charge is 0.508 e. The van der Waals surface area contributed by atoms with Crippen LogP contribution >= 0.6 is 0 Å². The standard InChI is InChI=1S/C36H60N10O11/c1-18(2)17-24(43-30(50)23(9-8-16-41-36(39)40)42-32(52)27(38)20(4)47)33(53)46(6)25(14-15-26(37)49)31(51)44-28(34(54)45(5)19(3)35(55)56)29(57-7)21-10-12-22(48)13-11-21/h10-13,18-20,23-25,27-29,47-48H,8-9,14-17,38H2,1-7H3,(H2,37,49)(H,42,52)(H,43,50)(H,44,51)(H,55,56)(H4,39,40,41)/t19-,20+,23+,24-,25-,27-,28+,29-/m0/s1. The minimum Gasteiger partial charge on any atom is -0.508 e. The Balaban J connectivity index is 3.63. The molecule has 14 N–H and O–H groups in total. The molecule has 0 saturated heterocycles. The van der Waals surface area contributed by atoms with Gasteiger partial charge in [0.1, 0.15) is 48.1 Å². The maximum atomic E-state index is 14.3. The van der Waals surface area contributed by atoms with Crippen LogP contribution in [0.2, 0.25) is 0 Å². The van der Waals surface area contributed by atoms with E-state index in [1.54, 1.807) is 13.8 Å². The van der Waals surface area contributed by atoms with Crippen LogP contribution in [0.15, 0.2) is 29.3 Å². The Morgan fingerprint density at radius 2 is 1.40 bits per heavy atom. The first-order chi connectivity index (χ1) is 26.5. The molecule has 0 radical (unpaired) electrons. The number of aliphatic imine (C=N–C) groups is 1. The van der Waals surface area contributed by atoms with E-state index in [9.17, 15) is 48.9 Å². The molecule has 0 aromatic heterocycles. The fourth-order valence-electron chi connectivity index (χ4n) is 5.62. The van der Waals surface area contributed by atoms with E-state index in [0.29, 0.717) is 5.56 Å². The van der Waals surface area contributed by atoms with Gasteiger partial charge >= 0.3 is 5.97 Å². The van der Waals surface area contributed by atoms with Crippen molar-refractivity contribution in [2.45, 2.75) is 108 Å². The molecule has 57 heavy (non-hydrogen) atoms. The van der Waals surface area contributed by atoms with Crippen LogP contribution in [-0.2, 0) is 38.3 Å². The number of carboxylic acids is 1. The highest BCUT2D eigenvalue weighted by Crippen LogP contribution is 2.25. The van der Waals surface area contributed by atoms with Crippen molar-refractivity contribution in [2.75, 3.05) is 27.7 Å². The number of aliphatic carboxylic acids is 1. The predicted octanol–water partition coefficient (Wildman–Crippen LogP) is -2.63. The smallest absolute Gasteiger partial charge is 0.326 e. The SMILES string of the molecule is CO[C@@H](c1ccc(O)cc1)[C@@H](NC(=O)[C@H](CCC(N)=O)N(C)C(=O)[C@H](CC(C)C)NC(=O)[C@@H](CCCN=C(N)N)NC(=O)[C@@H](N)[C@@H](C)O)C(=O)N(C)[C@@H](C)C(=O)O. The van der Waals surface area contributed by atoms with Crippen molar-refractivity contribution in [3.05, 3.63) is 29.8 Å². The molecule has 0 saturated carbocycles. The number of hydrogen-bond acceptors (Lipinski definition) is 12. The first-order valence-electron chi connectivity index (χ1n) is 18.3. The molecule has 1 rings (SSSR count). The van der Waals surface area contributed by atoms with E-state index >= 15 is 0 Å². The van der Waals surface area contributed by atoms with Gasteiger partial charge < -0.3 is 68.7 Å². The van der Waals surface area contributed by atoms with Crippen LogP contribution in [0.1, 0.15) is 71.5 Å². The number of likely N-dealkylation sites (N-methyl/N-ethyl adjacent to an activating group) is 2. The van der Waals surface area contributed by atoms with Crippen LogP contribution in [-0.4, -0.2) is 143 Å². The van der Waals surface area contributed by atoms with Gasteiger partial charge in [-0.1, -0.05) is 26.0 Å². The van der Waals surface area contributed by atoms with Crippen molar-refractivity contribution in [1.82, 2.24) is 25.8 Å². The maximum Gasteiger partial charge on any atom is 0.326 e. The molecule has 320 valence electrons. The number of guanidine groups is 1. The molecule has 6 amide bonds. The Morgan fingerprint density at radius 1 is 0.825 bits per heavy atom. The summed E-state index contributed by atoms with van der Waals surface area (Å²) in [7, 11) is 3.73. The van der Waals surface area contributed by atoms with Gasteiger partial charge in [0.15, 0.2) is 5.96 Å². The van der Waals surface area contributed by atoms with Gasteiger partial charge in [-0.2, -0.15) is 0 Å². The van der Waals surface area contributed by atoms with Crippen molar-refractivity contribution in [2.24, 2.45) is 33.8 Å². The van der Waals surface area contributed by atoms with Crippen molar-refractivity contribution < 1.29 is 53.6 Å². The lowest BCUT2D eigenvalue weighted by Crippen LogP contribution is -2.60. The number of aliphatic hydroxyl groups is 1. The molecule has 0 aliphatic heterocycles. The van der Waals surface area contributed by atoms with E-state index in [2.05, 4.69) is 20.9 Å². The molecule has 0 heterocycles. The summed E-state index contributed by atoms with van der Waals surface area (Å²) in [4.78, 5) is 98.4. The Morgan fingerprint density at radius 3 is 1.89 bits per heavy atom. The van der Waals surface area contributed by atoms with Gasteiger partial charge in [0.2, 0.25) is 35.4 Å². The van der Waals surface area contributed by atoms with Crippen molar-refractivity contribution in [3.63, 3.8) is 0 Å². The number of carboxylic acid groups (broad SMARTS) is 1. The number of ether oxygens (including phenoxy) is 1. The van der Waals surface area contributed by atoms with E-state index < -0.39 is 89.9 Å². The molecule has 0 bridgehead atoms. The van der Waals surface area contributed by atoms with Crippen LogP contribution in [0.5, 0.6) is 5.75 Å². The number of benzene rings is 1. The number of hydrogen-bond donors (Lipinski definition) is 10. The zero-order chi connectivity index (χ0) is 43.7. The minimum absolute atomic E-state index is 0.00495. The lowest BCUT2D eigenvalue weighted by molar-refractivity contribution is -0.152. The molecule has 0 spiro atoms. The summed E-state index contributed by atoms with van der Waals surface area (Å²) in [5, 5.41) is 37.0. The second-order valence-electron chi connectivity index (χ2n) is 14.1. The third-order valence-corrected chi connectivity index (χ3v) is 9.13. The number of nitrogens with zero attached hydrogens (tertiary/aromatic N) is 3. The number of rotatable bonds is 24. The highest BCUT2D eigenvalue weighted by molar-refractivity contribution is 5.96. The number of carbonyl (C=O) groups is 7. The average molecular weight is 809 g/mol. The number of carbonyl (C=O) groups excluding carboxylic acids is 6. The lowest BCUT2D eigenvalue weighted by Gasteiger charge is -2.35. The van der Waals surface area contributed by atoms with Gasteiger partial charge in [0.05, 0.1) is 6.10 Å². The first kappa shape index (κ1) is 49.5. The topological polar surface area (TPSA) is 348 Å². The normalized spacial score (nSPS) is 15.3. The summed E-state index contributed by atoms with van der Waals surface area (Å²) in [6.07, 6.45) is -2.95. The molecule has 1 aromatic carbocycles. The van der Waals surface area contributed by atoms with Gasteiger partial charge in [0, 0.05) is 34.2 Å². The van der Waals surface area contributed by atoms with E-state index in [4.69, 9.17) is 27.7 Å². The summed E-state index contributed by atoms with van der Waals surface area (Å²) in [6.45, 7) is 6.21.